The van der Waals surface area contributed by atoms with Crippen LogP contribution >= 0.6 is 0 Å². The van der Waals surface area contributed by atoms with Crippen LogP contribution in [0.3, 0.4) is 0 Å². The van der Waals surface area contributed by atoms with Crippen molar-refractivity contribution in [2.45, 2.75) is 61.8 Å². The second-order valence-corrected chi connectivity index (χ2v) is 18.5. The normalized spacial score (nSPS) is 15.2. The fourth-order valence-corrected chi connectivity index (χ4v) is 9.43. The van der Waals surface area contributed by atoms with E-state index < -0.39 is 54.9 Å². The van der Waals surface area contributed by atoms with Crippen LogP contribution in [0.2, 0.25) is 0 Å². The molecule has 0 aliphatic heterocycles. The molecule has 0 aromatic heterocycles. The number of sulfone groups is 2. The molecule has 0 radical (unpaired) electrons. The van der Waals surface area contributed by atoms with Crippen molar-refractivity contribution in [1.82, 2.24) is 10.6 Å². The van der Waals surface area contributed by atoms with Gasteiger partial charge >= 0.3 is 6.09 Å². The molecule has 0 spiro atoms. The minimum absolute atomic E-state index is 0.00815. The smallest absolute Gasteiger partial charge is 0.407 e. The molecule has 16 heteroatoms. The maximum Gasteiger partial charge on any atom is 0.407 e. The number of hydrogen-bond acceptors (Lipinski definition) is 12. The van der Waals surface area contributed by atoms with Gasteiger partial charge in [-0.05, 0) is 82.3 Å². The van der Waals surface area contributed by atoms with Crippen LogP contribution in [-0.2, 0) is 43.4 Å². The van der Waals surface area contributed by atoms with Gasteiger partial charge in [-0.2, -0.15) is 0 Å². The molecule has 2 N–H and O–H groups in total. The van der Waals surface area contributed by atoms with Crippen molar-refractivity contribution in [2.75, 3.05) is 77.5 Å². The predicted molar refractivity (Wildman–Crippen MR) is 227 cm³/mol. The zero-order valence-corrected chi connectivity index (χ0v) is 36.1. The van der Waals surface area contributed by atoms with Gasteiger partial charge in [0.25, 0.3) is 5.91 Å². The molecule has 0 saturated heterocycles. The van der Waals surface area contributed by atoms with Gasteiger partial charge in [0, 0.05) is 24.2 Å². The molecular weight excluding hydrogens is 813 g/mol. The molecule has 0 heterocycles. The van der Waals surface area contributed by atoms with Crippen LogP contribution in [0.1, 0.15) is 63.9 Å². The van der Waals surface area contributed by atoms with Crippen LogP contribution < -0.4 is 10.6 Å². The Labute approximate surface area is 354 Å². The highest BCUT2D eigenvalue weighted by molar-refractivity contribution is 7.92. The third kappa shape index (κ3) is 17.3. The monoisotopic (exact) mass is 870 g/mol. The lowest BCUT2D eigenvalue weighted by Gasteiger charge is -2.18. The topological polar surface area (TPSA) is 190 Å². The molecule has 3 aromatic rings. The summed E-state index contributed by atoms with van der Waals surface area (Å²) in [4.78, 5) is 38.5. The number of allylic oxidation sites excluding steroid dienone is 2. The molecule has 0 fully saturated rings. The molecule has 1 aliphatic carbocycles. The summed E-state index contributed by atoms with van der Waals surface area (Å²) in [7, 11) is -8.08. The molecule has 1 unspecified atom stereocenters. The Morgan fingerprint density at radius 3 is 1.55 bits per heavy atom. The highest BCUT2D eigenvalue weighted by Gasteiger charge is 2.33. The molecule has 1 atom stereocenters. The van der Waals surface area contributed by atoms with E-state index in [0.717, 1.165) is 43.2 Å². The first kappa shape index (κ1) is 48.2. The van der Waals surface area contributed by atoms with Crippen LogP contribution in [0.25, 0.3) is 0 Å². The summed E-state index contributed by atoms with van der Waals surface area (Å²) in [5, 5.41) is 5.45. The summed E-state index contributed by atoms with van der Waals surface area (Å²) in [6, 6.07) is 17.9. The number of amides is 2. The molecule has 14 nitrogen and oxygen atoms in total. The van der Waals surface area contributed by atoms with Gasteiger partial charge in [0.15, 0.2) is 25.5 Å². The summed E-state index contributed by atoms with van der Waals surface area (Å²) in [6.45, 7) is 6.94. The molecule has 3 aromatic carbocycles. The lowest BCUT2D eigenvalue weighted by atomic mass is 9.99. The molecule has 4 rings (SSSR count). The lowest BCUT2D eigenvalue weighted by molar-refractivity contribution is -0.00119. The summed E-state index contributed by atoms with van der Waals surface area (Å²) in [6.07, 6.45) is 8.53. The van der Waals surface area contributed by atoms with Crippen molar-refractivity contribution >= 4 is 37.5 Å². The van der Waals surface area contributed by atoms with Crippen molar-refractivity contribution in [3.63, 3.8) is 0 Å². The number of nitrogens with one attached hydrogen (secondary N) is 2. The zero-order chi connectivity index (χ0) is 43.2. The number of benzene rings is 3. The van der Waals surface area contributed by atoms with Crippen LogP contribution in [0.15, 0.2) is 94.7 Å². The van der Waals surface area contributed by atoms with Crippen LogP contribution in [0, 0.1) is 19.8 Å². The van der Waals surface area contributed by atoms with E-state index in [0.29, 0.717) is 52.8 Å². The van der Waals surface area contributed by atoms with E-state index in [1.54, 1.807) is 24.3 Å². The third-order valence-corrected chi connectivity index (χ3v) is 13.2. The Hall–Kier alpha value is -4.45. The molecule has 1 aliphatic rings. The fraction of sp³-hybridized carbons (Fsp3) is 0.477. The fourth-order valence-electron chi connectivity index (χ4n) is 6.20. The largest absolute Gasteiger partial charge is 0.446 e. The molecule has 328 valence electrons. The summed E-state index contributed by atoms with van der Waals surface area (Å²) >= 11 is 0. The van der Waals surface area contributed by atoms with Gasteiger partial charge in [0.05, 0.1) is 80.1 Å². The lowest BCUT2D eigenvalue weighted by Crippen LogP contribution is -2.31. The van der Waals surface area contributed by atoms with E-state index in [1.165, 1.54) is 48.5 Å². The van der Waals surface area contributed by atoms with E-state index in [9.17, 15) is 31.2 Å². The zero-order valence-electron chi connectivity index (χ0n) is 34.5. The van der Waals surface area contributed by atoms with E-state index in [2.05, 4.69) is 22.8 Å². The Morgan fingerprint density at radius 2 is 1.03 bits per heavy atom. The predicted octanol–water partition coefficient (Wildman–Crippen LogP) is 5.46. The van der Waals surface area contributed by atoms with Crippen LogP contribution in [-0.4, -0.2) is 118 Å². The number of ether oxygens (including phenoxy) is 5. The van der Waals surface area contributed by atoms with Crippen molar-refractivity contribution in [3.05, 3.63) is 107 Å². The van der Waals surface area contributed by atoms with Gasteiger partial charge in [-0.15, -0.1) is 0 Å². The first-order valence-electron chi connectivity index (χ1n) is 20.3. The Morgan fingerprint density at radius 1 is 0.583 bits per heavy atom. The van der Waals surface area contributed by atoms with Gasteiger partial charge in [0.1, 0.15) is 6.10 Å². The van der Waals surface area contributed by atoms with E-state index in [1.807, 2.05) is 13.8 Å². The van der Waals surface area contributed by atoms with E-state index in [-0.39, 0.29) is 40.2 Å². The second kappa shape index (κ2) is 25.4. The number of alkyl carbamates (subject to hydrolysis) is 1. The van der Waals surface area contributed by atoms with Gasteiger partial charge in [0.2, 0.25) is 0 Å². The second-order valence-electron chi connectivity index (χ2n) is 14.5. The number of rotatable bonds is 25. The minimum atomic E-state index is -4.04. The number of carbonyl (C=O) groups is 3. The Bertz CT molecular complexity index is 1960. The van der Waals surface area contributed by atoms with Crippen LogP contribution in [0.5, 0.6) is 0 Å². The summed E-state index contributed by atoms with van der Waals surface area (Å²) in [5.41, 5.74) is 2.04. The van der Waals surface area contributed by atoms with Crippen molar-refractivity contribution in [2.24, 2.45) is 5.92 Å². The average molecular weight is 871 g/mol. The molecule has 0 saturated carbocycles. The van der Waals surface area contributed by atoms with Crippen molar-refractivity contribution in [1.29, 1.82) is 0 Å². The standard InChI is InChI=1S/C44H58N2O12S2/c1-34-10-18-40(19-11-34)59(50,51)32-38(33-60(52,53)41-20-12-35(2)13-21-41)42(47)36-14-16-37(17-15-36)43(48)45-22-24-54-26-28-56-30-31-57-29-27-55-25-23-46-44(49)58-39-8-6-4-3-5-7-9-39/h3-4,10-21,38-39H,5-9,22-33H2,1-2H3,(H,45,48)(H,46,49)/b4-3-. The quantitative estimate of drug-likeness (QED) is 0.0623. The number of aryl methyl sites for hydroxylation is 2. The number of hydrogen-bond donors (Lipinski definition) is 2. The van der Waals surface area contributed by atoms with E-state index in [4.69, 9.17) is 23.7 Å². The molecular formula is C44H58N2O12S2. The average Bonchev–Trinajstić information content (AvgIpc) is 3.21. The first-order chi connectivity index (χ1) is 28.8. The third-order valence-electron chi connectivity index (χ3n) is 9.56. The van der Waals surface area contributed by atoms with Crippen LogP contribution in [0.4, 0.5) is 4.79 Å². The number of carbonyl (C=O) groups excluding carboxylic acids is 3. The summed E-state index contributed by atoms with van der Waals surface area (Å²) < 4.78 is 81.1. The first-order valence-corrected chi connectivity index (χ1v) is 23.6. The maximum atomic E-state index is 13.8. The maximum absolute atomic E-state index is 13.8. The minimum Gasteiger partial charge on any atom is -0.446 e. The molecule has 60 heavy (non-hydrogen) atoms. The van der Waals surface area contributed by atoms with Crippen molar-refractivity contribution in [3.8, 4) is 0 Å². The Balaban J connectivity index is 1.09. The van der Waals surface area contributed by atoms with Gasteiger partial charge in [-0.3, -0.25) is 9.59 Å². The molecule has 2 amide bonds. The number of ketones is 1. The highest BCUT2D eigenvalue weighted by atomic mass is 32.2. The molecule has 0 bridgehead atoms. The Kier molecular flexibility index (Phi) is 20.4. The SMILES string of the molecule is Cc1ccc(S(=O)(=O)CC(CS(=O)(=O)c2ccc(C)cc2)C(=O)c2ccc(C(=O)NCCOCCOCCOCCOCCNC(=O)OC3CC/C=C\CCC3)cc2)cc1. The van der Waals surface area contributed by atoms with Gasteiger partial charge in [-0.25, -0.2) is 21.6 Å². The van der Waals surface area contributed by atoms with Crippen molar-refractivity contribution < 1.29 is 54.9 Å². The summed E-state index contributed by atoms with van der Waals surface area (Å²) in [5.74, 6) is -3.91. The number of Topliss-reactive ketones (excluding diaryl/α,β-unsaturated/α-hetero) is 1. The van der Waals surface area contributed by atoms with Gasteiger partial charge in [-0.1, -0.05) is 59.7 Å². The van der Waals surface area contributed by atoms with Gasteiger partial charge < -0.3 is 34.3 Å². The highest BCUT2D eigenvalue weighted by Crippen LogP contribution is 2.23. The van der Waals surface area contributed by atoms with E-state index >= 15 is 0 Å².